The summed E-state index contributed by atoms with van der Waals surface area (Å²) in [7, 11) is -9.72. The van der Waals surface area contributed by atoms with Gasteiger partial charge in [-0.15, -0.1) is 0 Å². The van der Waals surface area contributed by atoms with Crippen molar-refractivity contribution in [3.05, 3.63) is 12.3 Å². The summed E-state index contributed by atoms with van der Waals surface area (Å²) < 4.78 is 28.6. The summed E-state index contributed by atoms with van der Waals surface area (Å²) in [5.41, 5.74) is 0. The van der Waals surface area contributed by atoms with Crippen LogP contribution in [0.25, 0.3) is 0 Å². The van der Waals surface area contributed by atoms with E-state index in [0.717, 1.165) is 12.7 Å². The highest BCUT2D eigenvalue weighted by Crippen LogP contribution is 2.57. The Morgan fingerprint density at radius 2 is 1.86 bits per heavy atom. The Labute approximate surface area is 81.2 Å². The molecule has 0 rings (SSSR count). The summed E-state index contributed by atoms with van der Waals surface area (Å²) in [6.45, 7) is 1.88. The largest absolute Gasteiger partial charge is 0.535 e. The Hall–Kier alpha value is -0.160. The standard InChI is InChI=1S/C5H12O7P2/c1-2-3-4-5-11-14(9,10)12-13(6,7)8/h4-5H,2-3H2,1H3,(H,9,10)(H2,6,7,8)/b5-4+. The van der Waals surface area contributed by atoms with Crippen LogP contribution >= 0.6 is 15.6 Å². The van der Waals surface area contributed by atoms with Crippen LogP contribution in [-0.4, -0.2) is 14.7 Å². The van der Waals surface area contributed by atoms with Gasteiger partial charge in [0.1, 0.15) is 0 Å². The van der Waals surface area contributed by atoms with Gasteiger partial charge in [-0.2, -0.15) is 4.31 Å². The molecule has 0 aromatic rings. The second kappa shape index (κ2) is 5.66. The van der Waals surface area contributed by atoms with E-state index in [0.29, 0.717) is 6.42 Å². The van der Waals surface area contributed by atoms with E-state index < -0.39 is 15.6 Å². The van der Waals surface area contributed by atoms with Crippen LogP contribution < -0.4 is 0 Å². The SMILES string of the molecule is CCC/C=C/OP(=O)(O)OP(=O)(O)O. The molecular weight excluding hydrogens is 234 g/mol. The number of hydrogen-bond donors (Lipinski definition) is 3. The Bertz CT molecular complexity index is 280. The fourth-order valence-corrected chi connectivity index (χ4v) is 1.98. The van der Waals surface area contributed by atoms with Gasteiger partial charge in [0.05, 0.1) is 6.26 Å². The maximum absolute atomic E-state index is 10.8. The molecule has 0 aliphatic carbocycles. The molecule has 0 aromatic heterocycles. The first-order valence-corrected chi connectivity index (χ1v) is 6.72. The van der Waals surface area contributed by atoms with Crippen molar-refractivity contribution >= 4 is 15.6 Å². The van der Waals surface area contributed by atoms with Crippen molar-refractivity contribution in [1.82, 2.24) is 0 Å². The number of allylic oxidation sites excluding steroid dienone is 1. The van der Waals surface area contributed by atoms with Crippen LogP contribution in [0.1, 0.15) is 19.8 Å². The van der Waals surface area contributed by atoms with Crippen molar-refractivity contribution in [2.45, 2.75) is 19.8 Å². The first kappa shape index (κ1) is 13.8. The van der Waals surface area contributed by atoms with Crippen molar-refractivity contribution in [3.63, 3.8) is 0 Å². The highest BCUT2D eigenvalue weighted by atomic mass is 31.3. The first-order valence-electron chi connectivity index (χ1n) is 3.70. The molecule has 3 N–H and O–H groups in total. The second-order valence-corrected chi connectivity index (χ2v) is 5.09. The third kappa shape index (κ3) is 8.44. The summed E-state index contributed by atoms with van der Waals surface area (Å²) in [4.78, 5) is 25.1. The van der Waals surface area contributed by atoms with Crippen LogP contribution in [0.3, 0.4) is 0 Å². The molecular formula is C5H12O7P2. The van der Waals surface area contributed by atoms with Gasteiger partial charge in [0.15, 0.2) is 0 Å². The quantitative estimate of drug-likeness (QED) is 0.481. The fraction of sp³-hybridized carbons (Fsp3) is 0.600. The number of rotatable bonds is 6. The molecule has 0 amide bonds. The van der Waals surface area contributed by atoms with Crippen LogP contribution in [0.15, 0.2) is 12.3 Å². The number of phosphoric acid groups is 2. The molecule has 0 radical (unpaired) electrons. The van der Waals surface area contributed by atoms with Crippen LogP contribution in [0.5, 0.6) is 0 Å². The molecule has 1 unspecified atom stereocenters. The smallest absolute Gasteiger partial charge is 0.412 e. The average Bonchev–Trinajstić information content (AvgIpc) is 1.93. The molecule has 0 saturated carbocycles. The summed E-state index contributed by atoms with van der Waals surface area (Å²) in [5.74, 6) is 0. The molecule has 9 heteroatoms. The zero-order valence-corrected chi connectivity index (χ0v) is 9.23. The third-order valence-corrected chi connectivity index (χ3v) is 3.02. The van der Waals surface area contributed by atoms with Crippen molar-refractivity contribution in [2.75, 3.05) is 0 Å². The van der Waals surface area contributed by atoms with E-state index in [2.05, 4.69) is 8.83 Å². The van der Waals surface area contributed by atoms with E-state index in [4.69, 9.17) is 14.7 Å². The van der Waals surface area contributed by atoms with Gasteiger partial charge in [-0.1, -0.05) is 13.3 Å². The molecule has 0 aliphatic rings. The van der Waals surface area contributed by atoms with Gasteiger partial charge >= 0.3 is 15.6 Å². The zero-order valence-electron chi connectivity index (χ0n) is 7.44. The summed E-state index contributed by atoms with van der Waals surface area (Å²) in [6, 6.07) is 0. The number of phosphoric ester groups is 1. The van der Waals surface area contributed by atoms with Gasteiger partial charge in [-0.25, -0.2) is 9.13 Å². The van der Waals surface area contributed by atoms with Gasteiger partial charge in [0, 0.05) is 0 Å². The predicted molar refractivity (Wildman–Crippen MR) is 48.1 cm³/mol. The lowest BCUT2D eigenvalue weighted by atomic mass is 10.3. The molecule has 0 fully saturated rings. The monoisotopic (exact) mass is 246 g/mol. The summed E-state index contributed by atoms with van der Waals surface area (Å²) in [5, 5.41) is 0. The minimum Gasteiger partial charge on any atom is -0.412 e. The van der Waals surface area contributed by atoms with Gasteiger partial charge in [0.25, 0.3) is 0 Å². The highest BCUT2D eigenvalue weighted by molar-refractivity contribution is 7.60. The van der Waals surface area contributed by atoms with E-state index in [-0.39, 0.29) is 0 Å². The Morgan fingerprint density at radius 1 is 1.29 bits per heavy atom. The van der Waals surface area contributed by atoms with Gasteiger partial charge in [-0.05, 0) is 12.5 Å². The predicted octanol–water partition coefficient (Wildman–Crippen LogP) is 1.53. The Kier molecular flexibility index (Phi) is 5.59. The Balaban J connectivity index is 4.09. The normalized spacial score (nSPS) is 16.9. The summed E-state index contributed by atoms with van der Waals surface area (Å²) in [6.07, 6.45) is 3.75. The molecule has 1 atom stereocenters. The van der Waals surface area contributed by atoms with Crippen molar-refractivity contribution in [1.29, 1.82) is 0 Å². The minimum atomic E-state index is -5.01. The van der Waals surface area contributed by atoms with Gasteiger partial charge in [-0.3, -0.25) is 4.89 Å². The highest BCUT2D eigenvalue weighted by Gasteiger charge is 2.32. The molecule has 0 aromatic carbocycles. The molecule has 0 aliphatic heterocycles. The number of unbranched alkanes of at least 4 members (excludes halogenated alkanes) is 1. The third-order valence-electron chi connectivity index (χ3n) is 0.955. The van der Waals surface area contributed by atoms with Crippen molar-refractivity contribution < 1.29 is 32.6 Å². The van der Waals surface area contributed by atoms with Crippen LogP contribution in [-0.2, 0) is 18.0 Å². The van der Waals surface area contributed by atoms with E-state index in [9.17, 15) is 9.13 Å². The zero-order chi connectivity index (χ0) is 11.2. The molecule has 7 nitrogen and oxygen atoms in total. The van der Waals surface area contributed by atoms with E-state index >= 15 is 0 Å². The lowest BCUT2D eigenvalue weighted by Gasteiger charge is -2.09. The summed E-state index contributed by atoms with van der Waals surface area (Å²) >= 11 is 0. The van der Waals surface area contributed by atoms with E-state index in [1.807, 2.05) is 6.92 Å². The van der Waals surface area contributed by atoms with Crippen LogP contribution in [0, 0.1) is 0 Å². The van der Waals surface area contributed by atoms with Crippen LogP contribution in [0.4, 0.5) is 0 Å². The average molecular weight is 246 g/mol. The topological polar surface area (TPSA) is 113 Å². The lowest BCUT2D eigenvalue weighted by Crippen LogP contribution is -1.88. The van der Waals surface area contributed by atoms with Crippen LogP contribution in [0.2, 0.25) is 0 Å². The molecule has 14 heavy (non-hydrogen) atoms. The van der Waals surface area contributed by atoms with Gasteiger partial charge in [0.2, 0.25) is 0 Å². The molecule has 0 heterocycles. The first-order chi connectivity index (χ1) is 6.27. The maximum Gasteiger partial charge on any atom is 0.535 e. The second-order valence-electron chi connectivity index (χ2n) is 2.31. The van der Waals surface area contributed by atoms with Crippen molar-refractivity contribution in [2.24, 2.45) is 0 Å². The van der Waals surface area contributed by atoms with E-state index in [1.165, 1.54) is 6.08 Å². The fourth-order valence-electron chi connectivity index (χ4n) is 0.508. The molecule has 84 valence electrons. The minimum absolute atomic E-state index is 0.621. The molecule has 0 bridgehead atoms. The lowest BCUT2D eigenvalue weighted by molar-refractivity contribution is 0.216. The van der Waals surface area contributed by atoms with Gasteiger partial charge < -0.3 is 14.3 Å². The van der Waals surface area contributed by atoms with E-state index in [1.54, 1.807) is 0 Å². The number of hydrogen-bond acceptors (Lipinski definition) is 4. The molecule has 0 saturated heterocycles. The maximum atomic E-state index is 10.8. The Morgan fingerprint density at radius 3 is 2.29 bits per heavy atom. The molecule has 0 spiro atoms. The van der Waals surface area contributed by atoms with Crippen molar-refractivity contribution in [3.8, 4) is 0 Å².